The fourth-order valence-corrected chi connectivity index (χ4v) is 5.60. The lowest BCUT2D eigenvalue weighted by molar-refractivity contribution is -0.144. The van der Waals surface area contributed by atoms with Gasteiger partial charge in [-0.15, -0.1) is 0 Å². The number of rotatable bonds is 8. The molecule has 2 N–H and O–H groups in total. The number of benzene rings is 3. The third kappa shape index (κ3) is 11.1. The molecular weight excluding hydrogens is 608 g/mol. The standard InChI is InChI=1S/C38H48N4O6/c1-41-25-13-3-4-14-26-48-34-21-12-11-20-31(34)36(44)40-32(37(45)39-24-15-27-47-30-18-9-6-10-19-30)22-23-35(43)42(2)33(38(41)46)28-29-16-7-5-8-17-29/h5-12,16-21,32-33H,3-4,13-15,22-28H2,1-2H3,(H,39,45)(H,40,44)/t32-,33-/m0/s1. The molecule has 10 nitrogen and oxygen atoms in total. The van der Waals surface area contributed by atoms with Crippen LogP contribution in [0.1, 0.15) is 60.9 Å². The van der Waals surface area contributed by atoms with Crippen molar-refractivity contribution >= 4 is 23.6 Å². The molecule has 4 amide bonds. The number of amides is 4. The van der Waals surface area contributed by atoms with Gasteiger partial charge in [0, 0.05) is 40.0 Å². The first-order valence-electron chi connectivity index (χ1n) is 16.9. The van der Waals surface area contributed by atoms with E-state index in [0.29, 0.717) is 50.5 Å². The highest BCUT2D eigenvalue weighted by atomic mass is 16.5. The number of hydrogen-bond acceptors (Lipinski definition) is 6. The van der Waals surface area contributed by atoms with Crippen LogP contribution in [0.4, 0.5) is 0 Å². The van der Waals surface area contributed by atoms with E-state index in [1.165, 1.54) is 4.90 Å². The van der Waals surface area contributed by atoms with Crippen LogP contribution in [0.2, 0.25) is 0 Å². The smallest absolute Gasteiger partial charge is 0.255 e. The van der Waals surface area contributed by atoms with E-state index < -0.39 is 23.9 Å². The van der Waals surface area contributed by atoms with Gasteiger partial charge in [0.2, 0.25) is 17.7 Å². The second-order valence-electron chi connectivity index (χ2n) is 12.1. The van der Waals surface area contributed by atoms with Crippen LogP contribution in [0, 0.1) is 0 Å². The Morgan fingerprint density at radius 1 is 0.896 bits per heavy atom. The summed E-state index contributed by atoms with van der Waals surface area (Å²) in [5.74, 6) is -0.103. The molecule has 1 aliphatic rings. The predicted octanol–water partition coefficient (Wildman–Crippen LogP) is 4.63. The Kier molecular flexibility index (Phi) is 14.3. The molecule has 0 aromatic heterocycles. The summed E-state index contributed by atoms with van der Waals surface area (Å²) >= 11 is 0. The Balaban J connectivity index is 1.50. The van der Waals surface area contributed by atoms with Gasteiger partial charge in [0.25, 0.3) is 5.91 Å². The molecule has 3 aromatic carbocycles. The van der Waals surface area contributed by atoms with E-state index in [1.54, 1.807) is 43.3 Å². The summed E-state index contributed by atoms with van der Waals surface area (Å²) in [7, 11) is 3.42. The minimum atomic E-state index is -0.994. The molecule has 0 saturated heterocycles. The van der Waals surface area contributed by atoms with Crippen LogP contribution in [-0.4, -0.2) is 85.9 Å². The molecule has 0 bridgehead atoms. The number of nitrogens with one attached hydrogen (secondary N) is 2. The lowest BCUT2D eigenvalue weighted by atomic mass is 10.0. The van der Waals surface area contributed by atoms with Crippen LogP contribution in [0.15, 0.2) is 84.9 Å². The van der Waals surface area contributed by atoms with Crippen molar-refractivity contribution in [2.24, 2.45) is 0 Å². The fraction of sp³-hybridized carbons (Fsp3) is 0.421. The van der Waals surface area contributed by atoms with E-state index in [-0.39, 0.29) is 24.7 Å². The highest BCUT2D eigenvalue weighted by Crippen LogP contribution is 2.20. The van der Waals surface area contributed by atoms with Crippen molar-refractivity contribution in [1.82, 2.24) is 20.4 Å². The van der Waals surface area contributed by atoms with Gasteiger partial charge < -0.3 is 29.9 Å². The van der Waals surface area contributed by atoms with Crippen LogP contribution in [0.25, 0.3) is 0 Å². The van der Waals surface area contributed by atoms with Crippen molar-refractivity contribution in [3.63, 3.8) is 0 Å². The summed E-state index contributed by atoms with van der Waals surface area (Å²) in [6.07, 6.45) is 4.35. The van der Waals surface area contributed by atoms with Crippen molar-refractivity contribution < 1.29 is 28.7 Å². The monoisotopic (exact) mass is 656 g/mol. The van der Waals surface area contributed by atoms with Crippen LogP contribution in [-0.2, 0) is 20.8 Å². The number of hydrogen-bond donors (Lipinski definition) is 2. The first-order chi connectivity index (χ1) is 23.3. The molecule has 48 heavy (non-hydrogen) atoms. The highest BCUT2D eigenvalue weighted by Gasteiger charge is 2.31. The summed E-state index contributed by atoms with van der Waals surface area (Å²) in [6.45, 7) is 1.74. The van der Waals surface area contributed by atoms with Gasteiger partial charge >= 0.3 is 0 Å². The van der Waals surface area contributed by atoms with Crippen LogP contribution >= 0.6 is 0 Å². The van der Waals surface area contributed by atoms with Crippen LogP contribution in [0.3, 0.4) is 0 Å². The van der Waals surface area contributed by atoms with Crippen molar-refractivity contribution in [3.05, 3.63) is 96.1 Å². The van der Waals surface area contributed by atoms with E-state index >= 15 is 0 Å². The summed E-state index contributed by atoms with van der Waals surface area (Å²) in [5.41, 5.74) is 1.27. The average molecular weight is 657 g/mol. The molecule has 0 aliphatic carbocycles. The first kappa shape index (κ1) is 36.0. The zero-order valence-electron chi connectivity index (χ0n) is 28.1. The van der Waals surface area contributed by atoms with Gasteiger partial charge in [-0.3, -0.25) is 19.2 Å². The molecule has 0 radical (unpaired) electrons. The maximum Gasteiger partial charge on any atom is 0.255 e. The molecule has 0 spiro atoms. The number of para-hydroxylation sites is 2. The Labute approximate surface area is 283 Å². The molecule has 256 valence electrons. The lowest BCUT2D eigenvalue weighted by Crippen LogP contribution is -2.51. The highest BCUT2D eigenvalue weighted by molar-refractivity contribution is 5.99. The molecular formula is C38H48N4O6. The number of carbonyl (C=O) groups excluding carboxylic acids is 4. The summed E-state index contributed by atoms with van der Waals surface area (Å²) in [4.78, 5) is 57.6. The molecule has 0 saturated carbocycles. The Hall–Kier alpha value is -4.86. The van der Waals surface area contributed by atoms with Gasteiger partial charge in [-0.25, -0.2) is 0 Å². The molecule has 0 unspecified atom stereocenters. The SMILES string of the molecule is CN1CCCCCCOc2ccccc2C(=O)N[C@H](C(=O)NCCCOc2ccccc2)CCC(=O)N(C)[C@@H](Cc2ccccc2)C1=O. The zero-order valence-corrected chi connectivity index (χ0v) is 28.1. The van der Waals surface area contributed by atoms with Crippen molar-refractivity contribution in [2.75, 3.05) is 40.4 Å². The predicted molar refractivity (Wildman–Crippen MR) is 185 cm³/mol. The van der Waals surface area contributed by atoms with Crippen LogP contribution < -0.4 is 20.1 Å². The lowest BCUT2D eigenvalue weighted by Gasteiger charge is -2.31. The minimum Gasteiger partial charge on any atom is -0.494 e. The Bertz CT molecular complexity index is 1470. The third-order valence-electron chi connectivity index (χ3n) is 8.47. The molecule has 1 heterocycles. The molecule has 3 aromatic rings. The van der Waals surface area contributed by atoms with Gasteiger partial charge in [-0.05, 0) is 55.5 Å². The number of carbonyl (C=O) groups is 4. The minimum absolute atomic E-state index is 0.0480. The summed E-state index contributed by atoms with van der Waals surface area (Å²) in [6, 6.07) is 24.3. The average Bonchev–Trinajstić information content (AvgIpc) is 3.11. The van der Waals surface area contributed by atoms with Gasteiger partial charge in [-0.1, -0.05) is 73.5 Å². The maximum atomic E-state index is 13.7. The summed E-state index contributed by atoms with van der Waals surface area (Å²) in [5, 5.41) is 5.74. The number of fused-ring (bicyclic) bond motifs is 1. The van der Waals surface area contributed by atoms with Gasteiger partial charge in [0.1, 0.15) is 23.6 Å². The quantitative estimate of drug-likeness (QED) is 0.342. The zero-order chi connectivity index (χ0) is 34.1. The molecule has 0 fully saturated rings. The fourth-order valence-electron chi connectivity index (χ4n) is 5.60. The Morgan fingerprint density at radius 2 is 1.58 bits per heavy atom. The molecule has 4 rings (SSSR count). The first-order valence-corrected chi connectivity index (χ1v) is 16.9. The molecule has 10 heteroatoms. The Morgan fingerprint density at radius 3 is 2.35 bits per heavy atom. The normalized spacial score (nSPS) is 18.8. The van der Waals surface area contributed by atoms with Gasteiger partial charge in [-0.2, -0.15) is 0 Å². The van der Waals surface area contributed by atoms with E-state index in [2.05, 4.69) is 10.6 Å². The maximum absolute atomic E-state index is 13.7. The van der Waals surface area contributed by atoms with E-state index in [9.17, 15) is 19.2 Å². The van der Waals surface area contributed by atoms with E-state index in [4.69, 9.17) is 9.47 Å². The second-order valence-corrected chi connectivity index (χ2v) is 12.1. The number of nitrogens with zero attached hydrogens (tertiary/aromatic N) is 2. The van der Waals surface area contributed by atoms with Gasteiger partial charge in [0.05, 0.1) is 18.8 Å². The van der Waals surface area contributed by atoms with Crippen LogP contribution in [0.5, 0.6) is 11.5 Å². The molecule has 1 aliphatic heterocycles. The van der Waals surface area contributed by atoms with Crippen molar-refractivity contribution in [2.45, 2.75) is 63.5 Å². The second kappa shape index (κ2) is 19.1. The topological polar surface area (TPSA) is 117 Å². The van der Waals surface area contributed by atoms with Crippen molar-refractivity contribution in [3.8, 4) is 11.5 Å². The molecule has 2 atom stereocenters. The summed E-state index contributed by atoms with van der Waals surface area (Å²) < 4.78 is 11.7. The van der Waals surface area contributed by atoms with Gasteiger partial charge in [0.15, 0.2) is 0 Å². The largest absolute Gasteiger partial charge is 0.494 e. The van der Waals surface area contributed by atoms with Crippen molar-refractivity contribution in [1.29, 1.82) is 0 Å². The van der Waals surface area contributed by atoms with E-state index in [0.717, 1.165) is 37.0 Å². The third-order valence-corrected chi connectivity index (χ3v) is 8.47. The number of likely N-dealkylation sites (N-methyl/N-ethyl adjacent to an activating group) is 2. The van der Waals surface area contributed by atoms with E-state index in [1.807, 2.05) is 60.7 Å². The number of ether oxygens (including phenoxy) is 2.